The van der Waals surface area contributed by atoms with Crippen molar-refractivity contribution in [2.24, 2.45) is 0 Å². The Labute approximate surface area is 96.9 Å². The lowest BCUT2D eigenvalue weighted by atomic mass is 10.2. The van der Waals surface area contributed by atoms with E-state index in [1.807, 2.05) is 0 Å². The molecule has 1 aliphatic carbocycles. The SMILES string of the molecule is CS(=O)(=O)CCNC(=O)CNC1CCCC1. The Morgan fingerprint density at radius 3 is 2.50 bits per heavy atom. The average molecular weight is 248 g/mol. The Kier molecular flexibility index (Phi) is 5.21. The lowest BCUT2D eigenvalue weighted by Crippen LogP contribution is -2.39. The third kappa shape index (κ3) is 6.07. The van der Waals surface area contributed by atoms with Gasteiger partial charge in [-0.3, -0.25) is 4.79 Å². The van der Waals surface area contributed by atoms with E-state index in [1.165, 1.54) is 12.8 Å². The molecule has 5 nitrogen and oxygen atoms in total. The van der Waals surface area contributed by atoms with E-state index in [0.717, 1.165) is 19.1 Å². The molecule has 0 heterocycles. The van der Waals surface area contributed by atoms with Crippen LogP contribution in [0.15, 0.2) is 0 Å². The van der Waals surface area contributed by atoms with Gasteiger partial charge in [-0.25, -0.2) is 8.42 Å². The van der Waals surface area contributed by atoms with Crippen LogP contribution >= 0.6 is 0 Å². The summed E-state index contributed by atoms with van der Waals surface area (Å²) in [5.41, 5.74) is 0. The van der Waals surface area contributed by atoms with Crippen LogP contribution in [0, 0.1) is 0 Å². The van der Waals surface area contributed by atoms with E-state index in [4.69, 9.17) is 0 Å². The molecule has 0 aromatic rings. The van der Waals surface area contributed by atoms with Crippen LogP contribution in [-0.4, -0.2) is 45.5 Å². The number of carbonyl (C=O) groups is 1. The first kappa shape index (κ1) is 13.4. The van der Waals surface area contributed by atoms with E-state index < -0.39 is 9.84 Å². The van der Waals surface area contributed by atoms with Crippen LogP contribution in [0.25, 0.3) is 0 Å². The van der Waals surface area contributed by atoms with Crippen LogP contribution in [0.2, 0.25) is 0 Å². The molecule has 1 amide bonds. The molecular formula is C10H20N2O3S. The molecular weight excluding hydrogens is 228 g/mol. The quantitative estimate of drug-likeness (QED) is 0.675. The van der Waals surface area contributed by atoms with Crippen LogP contribution < -0.4 is 10.6 Å². The van der Waals surface area contributed by atoms with Crippen molar-refractivity contribution in [3.05, 3.63) is 0 Å². The van der Waals surface area contributed by atoms with E-state index in [9.17, 15) is 13.2 Å². The van der Waals surface area contributed by atoms with E-state index in [-0.39, 0.29) is 24.7 Å². The molecule has 1 aliphatic rings. The molecule has 0 saturated heterocycles. The number of amides is 1. The smallest absolute Gasteiger partial charge is 0.233 e. The normalized spacial score (nSPS) is 17.6. The van der Waals surface area contributed by atoms with E-state index in [1.54, 1.807) is 0 Å². The van der Waals surface area contributed by atoms with Gasteiger partial charge in [0, 0.05) is 18.8 Å². The first-order chi connectivity index (χ1) is 7.47. The van der Waals surface area contributed by atoms with Crippen molar-refractivity contribution in [3.8, 4) is 0 Å². The highest BCUT2D eigenvalue weighted by Crippen LogP contribution is 2.17. The molecule has 0 spiro atoms. The molecule has 2 N–H and O–H groups in total. The van der Waals surface area contributed by atoms with Gasteiger partial charge in [0.1, 0.15) is 9.84 Å². The lowest BCUT2D eigenvalue weighted by Gasteiger charge is -2.11. The predicted octanol–water partition coefficient (Wildman–Crippen LogP) is -0.321. The summed E-state index contributed by atoms with van der Waals surface area (Å²) in [6, 6.07) is 0.459. The van der Waals surface area contributed by atoms with Crippen LogP contribution in [0.5, 0.6) is 0 Å². The van der Waals surface area contributed by atoms with Crippen molar-refractivity contribution in [3.63, 3.8) is 0 Å². The summed E-state index contributed by atoms with van der Waals surface area (Å²) in [6.45, 7) is 0.485. The molecule has 0 aliphatic heterocycles. The standard InChI is InChI=1S/C10H20N2O3S/c1-16(14,15)7-6-11-10(13)8-12-9-4-2-3-5-9/h9,12H,2-8H2,1H3,(H,11,13). The monoisotopic (exact) mass is 248 g/mol. The highest BCUT2D eigenvalue weighted by molar-refractivity contribution is 7.90. The number of carbonyl (C=O) groups excluding carboxylic acids is 1. The zero-order valence-electron chi connectivity index (χ0n) is 9.66. The van der Waals surface area contributed by atoms with Crippen LogP contribution in [0.1, 0.15) is 25.7 Å². The van der Waals surface area contributed by atoms with Crippen LogP contribution in [-0.2, 0) is 14.6 Å². The molecule has 0 aromatic heterocycles. The molecule has 1 rings (SSSR count). The summed E-state index contributed by atoms with van der Waals surface area (Å²) < 4.78 is 21.6. The number of nitrogens with one attached hydrogen (secondary N) is 2. The molecule has 0 unspecified atom stereocenters. The van der Waals surface area contributed by atoms with Crippen molar-refractivity contribution in [2.45, 2.75) is 31.7 Å². The van der Waals surface area contributed by atoms with E-state index in [2.05, 4.69) is 10.6 Å². The first-order valence-corrected chi connectivity index (χ1v) is 7.71. The average Bonchev–Trinajstić information content (AvgIpc) is 2.65. The van der Waals surface area contributed by atoms with Crippen LogP contribution in [0.3, 0.4) is 0 Å². The molecule has 0 radical (unpaired) electrons. The lowest BCUT2D eigenvalue weighted by molar-refractivity contribution is -0.120. The minimum Gasteiger partial charge on any atom is -0.354 e. The van der Waals surface area contributed by atoms with Gasteiger partial charge in [0.15, 0.2) is 0 Å². The van der Waals surface area contributed by atoms with E-state index >= 15 is 0 Å². The fraction of sp³-hybridized carbons (Fsp3) is 0.900. The van der Waals surface area contributed by atoms with Crippen molar-refractivity contribution in [2.75, 3.05) is 25.1 Å². The zero-order chi connectivity index (χ0) is 12.0. The summed E-state index contributed by atoms with van der Waals surface area (Å²) in [6.07, 6.45) is 5.89. The summed E-state index contributed by atoms with van der Waals surface area (Å²) in [5.74, 6) is -0.127. The molecule has 0 atom stereocenters. The second-order valence-corrected chi connectivity index (χ2v) is 6.60. The first-order valence-electron chi connectivity index (χ1n) is 5.65. The Morgan fingerprint density at radius 2 is 1.94 bits per heavy atom. The number of sulfone groups is 1. The molecule has 94 valence electrons. The largest absolute Gasteiger partial charge is 0.354 e. The molecule has 0 bridgehead atoms. The predicted molar refractivity (Wildman–Crippen MR) is 63.0 cm³/mol. The fourth-order valence-corrected chi connectivity index (χ4v) is 2.28. The highest BCUT2D eigenvalue weighted by Gasteiger charge is 2.15. The maximum Gasteiger partial charge on any atom is 0.233 e. The molecule has 16 heavy (non-hydrogen) atoms. The van der Waals surface area contributed by atoms with Crippen molar-refractivity contribution in [1.29, 1.82) is 0 Å². The Bertz CT molecular complexity index is 321. The maximum atomic E-state index is 11.3. The number of hydrogen-bond acceptors (Lipinski definition) is 4. The van der Waals surface area contributed by atoms with Gasteiger partial charge in [0.05, 0.1) is 12.3 Å². The summed E-state index contributed by atoms with van der Waals surface area (Å²) >= 11 is 0. The third-order valence-electron chi connectivity index (χ3n) is 2.70. The van der Waals surface area contributed by atoms with Gasteiger partial charge in [0.25, 0.3) is 0 Å². The second-order valence-electron chi connectivity index (χ2n) is 4.34. The van der Waals surface area contributed by atoms with Gasteiger partial charge in [-0.05, 0) is 12.8 Å². The van der Waals surface area contributed by atoms with Crippen molar-refractivity contribution in [1.82, 2.24) is 10.6 Å². The number of hydrogen-bond donors (Lipinski definition) is 2. The second kappa shape index (κ2) is 6.20. The van der Waals surface area contributed by atoms with Gasteiger partial charge in [-0.15, -0.1) is 0 Å². The summed E-state index contributed by atoms with van der Waals surface area (Å²) in [4.78, 5) is 11.3. The van der Waals surface area contributed by atoms with Crippen molar-refractivity contribution < 1.29 is 13.2 Å². The van der Waals surface area contributed by atoms with Gasteiger partial charge >= 0.3 is 0 Å². The minimum atomic E-state index is -2.99. The topological polar surface area (TPSA) is 75.3 Å². The van der Waals surface area contributed by atoms with Gasteiger partial charge in [-0.1, -0.05) is 12.8 Å². The third-order valence-corrected chi connectivity index (χ3v) is 3.65. The fourth-order valence-electron chi connectivity index (χ4n) is 1.81. The minimum absolute atomic E-state index is 0.00215. The Hall–Kier alpha value is -0.620. The molecule has 0 aromatic carbocycles. The molecule has 6 heteroatoms. The molecule has 1 saturated carbocycles. The van der Waals surface area contributed by atoms with Gasteiger partial charge < -0.3 is 10.6 Å². The summed E-state index contributed by atoms with van der Waals surface area (Å²) in [5, 5.41) is 5.75. The highest BCUT2D eigenvalue weighted by atomic mass is 32.2. The Morgan fingerprint density at radius 1 is 1.31 bits per heavy atom. The van der Waals surface area contributed by atoms with Gasteiger partial charge in [-0.2, -0.15) is 0 Å². The van der Waals surface area contributed by atoms with Crippen molar-refractivity contribution >= 4 is 15.7 Å². The Balaban J connectivity index is 2.06. The molecule has 1 fully saturated rings. The van der Waals surface area contributed by atoms with E-state index in [0.29, 0.717) is 6.04 Å². The van der Waals surface area contributed by atoms with Gasteiger partial charge in [0.2, 0.25) is 5.91 Å². The van der Waals surface area contributed by atoms with Crippen LogP contribution in [0.4, 0.5) is 0 Å². The maximum absolute atomic E-state index is 11.3. The number of rotatable bonds is 6. The summed E-state index contributed by atoms with van der Waals surface area (Å²) in [7, 11) is -2.99. The zero-order valence-corrected chi connectivity index (χ0v) is 10.5.